The van der Waals surface area contributed by atoms with Crippen molar-refractivity contribution in [2.24, 2.45) is 4.99 Å². The van der Waals surface area contributed by atoms with E-state index in [1.54, 1.807) is 18.0 Å². The van der Waals surface area contributed by atoms with Crippen LogP contribution in [0.25, 0.3) is 6.08 Å². The van der Waals surface area contributed by atoms with Crippen molar-refractivity contribution in [1.82, 2.24) is 4.90 Å². The van der Waals surface area contributed by atoms with Crippen molar-refractivity contribution < 1.29 is 18.7 Å². The molecule has 190 valence electrons. The van der Waals surface area contributed by atoms with Gasteiger partial charge in [-0.15, -0.1) is 0 Å². The molecular weight excluding hydrogens is 604 g/mol. The number of morpholine rings is 1. The first-order valence-electron chi connectivity index (χ1n) is 11.8. The fourth-order valence-electron chi connectivity index (χ4n) is 3.98. The predicted molar refractivity (Wildman–Crippen MR) is 155 cm³/mol. The molecule has 2 fully saturated rings. The van der Waals surface area contributed by atoms with Gasteiger partial charge in [0.2, 0.25) is 0 Å². The lowest BCUT2D eigenvalue weighted by Crippen LogP contribution is -2.36. The van der Waals surface area contributed by atoms with Crippen LogP contribution in [0, 0.1) is 9.39 Å². The number of halogens is 2. The Morgan fingerprint density at radius 2 is 1.89 bits per heavy atom. The Morgan fingerprint density at radius 3 is 2.62 bits per heavy atom. The smallest absolute Gasteiger partial charge is 0.266 e. The van der Waals surface area contributed by atoms with E-state index in [9.17, 15) is 9.18 Å². The number of amides is 1. The SMILES string of the molecule is CN1C(=O)/C(=C/c2ccc(OCc3cccc(F)c3)c(I)c2)SC1=Nc1ccc(N2CCOCC2)cc1. The summed E-state index contributed by atoms with van der Waals surface area (Å²) in [6.07, 6.45) is 1.87. The molecule has 2 saturated heterocycles. The minimum absolute atomic E-state index is 0.0878. The van der Waals surface area contributed by atoms with Crippen LogP contribution in [0.3, 0.4) is 0 Å². The van der Waals surface area contributed by atoms with E-state index in [4.69, 9.17) is 14.5 Å². The lowest BCUT2D eigenvalue weighted by Gasteiger charge is -2.28. The van der Waals surface area contributed by atoms with E-state index in [0.717, 1.165) is 52.4 Å². The summed E-state index contributed by atoms with van der Waals surface area (Å²) in [7, 11) is 1.74. The first-order chi connectivity index (χ1) is 18.0. The van der Waals surface area contributed by atoms with Gasteiger partial charge in [-0.25, -0.2) is 9.38 Å². The van der Waals surface area contributed by atoms with Crippen molar-refractivity contribution >= 4 is 62.9 Å². The van der Waals surface area contributed by atoms with Crippen LogP contribution in [-0.2, 0) is 16.1 Å². The van der Waals surface area contributed by atoms with Crippen LogP contribution in [0.15, 0.2) is 76.6 Å². The number of anilines is 1. The molecule has 2 aliphatic heterocycles. The van der Waals surface area contributed by atoms with E-state index in [0.29, 0.717) is 15.8 Å². The van der Waals surface area contributed by atoms with Crippen LogP contribution in [0.5, 0.6) is 5.75 Å². The number of amidine groups is 1. The maximum absolute atomic E-state index is 13.4. The minimum atomic E-state index is -0.283. The summed E-state index contributed by atoms with van der Waals surface area (Å²) in [6, 6.07) is 20.2. The Bertz CT molecular complexity index is 1360. The van der Waals surface area contributed by atoms with E-state index >= 15 is 0 Å². The van der Waals surface area contributed by atoms with Gasteiger partial charge in [0.15, 0.2) is 5.17 Å². The van der Waals surface area contributed by atoms with Gasteiger partial charge < -0.3 is 14.4 Å². The summed E-state index contributed by atoms with van der Waals surface area (Å²) >= 11 is 3.56. The molecule has 9 heteroatoms. The average Bonchev–Trinajstić information content (AvgIpc) is 3.17. The maximum atomic E-state index is 13.4. The summed E-state index contributed by atoms with van der Waals surface area (Å²) in [5.74, 6) is 0.335. The highest BCUT2D eigenvalue weighted by molar-refractivity contribution is 14.1. The molecule has 0 N–H and O–H groups in total. The monoisotopic (exact) mass is 629 g/mol. The molecule has 0 bridgehead atoms. The second-order valence-electron chi connectivity index (χ2n) is 8.59. The molecule has 0 radical (unpaired) electrons. The highest BCUT2D eigenvalue weighted by Gasteiger charge is 2.30. The molecule has 0 aromatic heterocycles. The summed E-state index contributed by atoms with van der Waals surface area (Å²) < 4.78 is 25.6. The van der Waals surface area contributed by atoms with Crippen molar-refractivity contribution in [2.45, 2.75) is 6.61 Å². The molecule has 5 rings (SSSR count). The number of rotatable bonds is 6. The van der Waals surface area contributed by atoms with Gasteiger partial charge in [0.25, 0.3) is 5.91 Å². The number of thioether (sulfide) groups is 1. The Kier molecular flexibility index (Phi) is 8.11. The Labute approximate surface area is 233 Å². The van der Waals surface area contributed by atoms with Gasteiger partial charge in [-0.3, -0.25) is 9.69 Å². The predicted octanol–water partition coefficient (Wildman–Crippen LogP) is 6.08. The van der Waals surface area contributed by atoms with Gasteiger partial charge >= 0.3 is 0 Å². The van der Waals surface area contributed by atoms with E-state index in [1.165, 1.54) is 23.9 Å². The zero-order valence-corrected chi connectivity index (χ0v) is 23.2. The number of carbonyl (C=O) groups excluding carboxylic acids is 1. The molecule has 0 aliphatic carbocycles. The molecule has 37 heavy (non-hydrogen) atoms. The minimum Gasteiger partial charge on any atom is -0.488 e. The quantitative estimate of drug-likeness (QED) is 0.245. The van der Waals surface area contributed by atoms with Crippen molar-refractivity contribution in [2.75, 3.05) is 38.3 Å². The molecule has 0 atom stereocenters. The van der Waals surface area contributed by atoms with Crippen molar-refractivity contribution in [1.29, 1.82) is 0 Å². The van der Waals surface area contributed by atoms with Crippen LogP contribution in [-0.4, -0.2) is 49.3 Å². The number of carbonyl (C=O) groups is 1. The maximum Gasteiger partial charge on any atom is 0.266 e. The molecule has 0 saturated carbocycles. The molecule has 1 amide bonds. The van der Waals surface area contributed by atoms with Crippen molar-refractivity contribution in [3.63, 3.8) is 0 Å². The number of aliphatic imine (C=N–C) groups is 1. The molecule has 0 unspecified atom stereocenters. The zero-order valence-electron chi connectivity index (χ0n) is 20.2. The Morgan fingerprint density at radius 1 is 1.11 bits per heavy atom. The van der Waals surface area contributed by atoms with E-state index in [1.807, 2.05) is 42.5 Å². The Balaban J connectivity index is 1.26. The lowest BCUT2D eigenvalue weighted by molar-refractivity contribution is -0.121. The third kappa shape index (κ3) is 6.34. The Hall–Kier alpha value is -2.89. The number of ether oxygens (including phenoxy) is 2. The fourth-order valence-corrected chi connectivity index (χ4v) is 5.67. The van der Waals surface area contributed by atoms with Crippen molar-refractivity contribution in [3.8, 4) is 5.75 Å². The number of benzene rings is 3. The number of likely N-dealkylation sites (N-methyl/N-ethyl adjacent to an activating group) is 1. The third-order valence-electron chi connectivity index (χ3n) is 5.99. The highest BCUT2D eigenvalue weighted by Crippen LogP contribution is 2.34. The lowest BCUT2D eigenvalue weighted by atomic mass is 10.2. The van der Waals surface area contributed by atoms with Crippen LogP contribution in [0.4, 0.5) is 15.8 Å². The topological polar surface area (TPSA) is 54.4 Å². The normalized spacial score (nSPS) is 18.2. The third-order valence-corrected chi connectivity index (χ3v) is 7.89. The molecular formula is C28H25FIN3O3S. The molecule has 3 aromatic rings. The van der Waals surface area contributed by atoms with Crippen LogP contribution in [0.1, 0.15) is 11.1 Å². The van der Waals surface area contributed by atoms with Crippen LogP contribution in [0.2, 0.25) is 0 Å². The van der Waals surface area contributed by atoms with Gasteiger partial charge in [0.05, 0.1) is 27.4 Å². The zero-order chi connectivity index (χ0) is 25.8. The van der Waals surface area contributed by atoms with Crippen molar-refractivity contribution in [3.05, 3.63) is 92.1 Å². The van der Waals surface area contributed by atoms with Crippen LogP contribution >= 0.6 is 34.4 Å². The van der Waals surface area contributed by atoms with Crippen LogP contribution < -0.4 is 9.64 Å². The van der Waals surface area contributed by atoms with Gasteiger partial charge in [-0.05, 0) is 100 Å². The second kappa shape index (κ2) is 11.7. The molecule has 6 nitrogen and oxygen atoms in total. The average molecular weight is 629 g/mol. The number of nitrogens with zero attached hydrogens (tertiary/aromatic N) is 3. The highest BCUT2D eigenvalue weighted by atomic mass is 127. The molecule has 2 aliphatic rings. The van der Waals surface area contributed by atoms with E-state index < -0.39 is 0 Å². The largest absolute Gasteiger partial charge is 0.488 e. The molecule has 2 heterocycles. The van der Waals surface area contributed by atoms with E-state index in [2.05, 4.69) is 39.6 Å². The van der Waals surface area contributed by atoms with Gasteiger partial charge in [-0.2, -0.15) is 0 Å². The van der Waals surface area contributed by atoms with Gasteiger partial charge in [0.1, 0.15) is 18.2 Å². The fraction of sp³-hybridized carbons (Fsp3) is 0.214. The molecule has 0 spiro atoms. The number of hydrogen-bond donors (Lipinski definition) is 0. The first kappa shape index (κ1) is 25.7. The van der Waals surface area contributed by atoms with Gasteiger partial charge in [-0.1, -0.05) is 18.2 Å². The first-order valence-corrected chi connectivity index (χ1v) is 13.7. The standard InChI is InChI=1S/C28H25FIN3O3S/c1-32-27(34)26(37-28(32)31-22-6-8-23(9-7-22)33-11-13-35-14-12-33)17-19-5-10-25(24(30)16-19)36-18-20-3-2-4-21(29)15-20/h2-10,15-17H,11-14,18H2,1H3/b26-17-,31-28?. The summed E-state index contributed by atoms with van der Waals surface area (Å²) in [4.78, 5) is 22.1. The van der Waals surface area contributed by atoms with E-state index in [-0.39, 0.29) is 18.3 Å². The summed E-state index contributed by atoms with van der Waals surface area (Å²) in [5, 5.41) is 0.639. The summed E-state index contributed by atoms with van der Waals surface area (Å²) in [6.45, 7) is 3.53. The molecule has 3 aromatic carbocycles. The van der Waals surface area contributed by atoms with Gasteiger partial charge in [0, 0.05) is 25.8 Å². The summed E-state index contributed by atoms with van der Waals surface area (Å²) in [5.41, 5.74) is 3.60. The number of hydrogen-bond acceptors (Lipinski definition) is 6. The second-order valence-corrected chi connectivity index (χ2v) is 10.8.